The van der Waals surface area contributed by atoms with Gasteiger partial charge in [-0.25, -0.2) is 9.18 Å². The summed E-state index contributed by atoms with van der Waals surface area (Å²) in [7, 11) is 0. The van der Waals surface area contributed by atoms with Gasteiger partial charge in [0.15, 0.2) is 0 Å². The van der Waals surface area contributed by atoms with Crippen LogP contribution in [0.3, 0.4) is 0 Å². The van der Waals surface area contributed by atoms with E-state index < -0.39 is 29.5 Å². The lowest BCUT2D eigenvalue weighted by Crippen LogP contribution is -2.44. The van der Waals surface area contributed by atoms with Gasteiger partial charge in [0.05, 0.1) is 0 Å². The summed E-state index contributed by atoms with van der Waals surface area (Å²) in [6.07, 6.45) is 3.60. The third-order valence-electron chi connectivity index (χ3n) is 5.25. The molecule has 0 saturated carbocycles. The molecular formula is C21H22FN5O4. The number of hydrogen-bond donors (Lipinski definition) is 1. The van der Waals surface area contributed by atoms with Crippen molar-refractivity contribution in [2.24, 2.45) is 0 Å². The molecule has 1 N–H and O–H groups in total. The van der Waals surface area contributed by atoms with E-state index in [0.29, 0.717) is 36.7 Å². The fourth-order valence-electron chi connectivity index (χ4n) is 3.71. The molecule has 1 aliphatic heterocycles. The zero-order valence-electron chi connectivity index (χ0n) is 17.1. The van der Waals surface area contributed by atoms with E-state index >= 15 is 0 Å². The van der Waals surface area contributed by atoms with Gasteiger partial charge in [-0.3, -0.25) is 18.7 Å². The minimum atomic E-state index is -0.629. The van der Waals surface area contributed by atoms with Crippen molar-refractivity contribution in [1.29, 1.82) is 0 Å². The van der Waals surface area contributed by atoms with Crippen LogP contribution < -0.4 is 16.6 Å². The Morgan fingerprint density at radius 3 is 2.68 bits per heavy atom. The van der Waals surface area contributed by atoms with Crippen LogP contribution >= 0.6 is 0 Å². The van der Waals surface area contributed by atoms with Crippen molar-refractivity contribution in [1.82, 2.24) is 19.3 Å². The number of halogens is 1. The zero-order chi connectivity index (χ0) is 22.0. The Kier molecular flexibility index (Phi) is 5.79. The Labute approximate surface area is 176 Å². The van der Waals surface area contributed by atoms with Crippen LogP contribution in [0.15, 0.2) is 38.4 Å². The van der Waals surface area contributed by atoms with E-state index in [0.717, 1.165) is 23.8 Å². The lowest BCUT2D eigenvalue weighted by atomic mass is 10.1. The van der Waals surface area contributed by atoms with Crippen LogP contribution in [0.2, 0.25) is 0 Å². The highest BCUT2D eigenvalue weighted by atomic mass is 19.1. The van der Waals surface area contributed by atoms with Crippen LogP contribution in [0.5, 0.6) is 0 Å². The average molecular weight is 427 g/mol. The molecule has 0 spiro atoms. The van der Waals surface area contributed by atoms with Crippen molar-refractivity contribution >= 4 is 11.6 Å². The van der Waals surface area contributed by atoms with Crippen molar-refractivity contribution < 1.29 is 13.7 Å². The van der Waals surface area contributed by atoms with Gasteiger partial charge in [-0.2, -0.15) is 4.98 Å². The molecule has 9 nitrogen and oxygen atoms in total. The molecule has 0 aliphatic carbocycles. The number of benzene rings is 1. The molecule has 1 amide bonds. The largest absolute Gasteiger partial charge is 0.339 e. The van der Waals surface area contributed by atoms with Crippen LogP contribution in [0.25, 0.3) is 11.4 Å². The van der Waals surface area contributed by atoms with Gasteiger partial charge < -0.3 is 9.84 Å². The lowest BCUT2D eigenvalue weighted by Gasteiger charge is -2.16. The van der Waals surface area contributed by atoms with Gasteiger partial charge in [0.2, 0.25) is 17.6 Å². The molecule has 4 rings (SSSR count). The average Bonchev–Trinajstić information content (AvgIpc) is 3.09. The molecule has 0 bridgehead atoms. The van der Waals surface area contributed by atoms with Crippen LogP contribution in [-0.2, 0) is 30.7 Å². The Hall–Kier alpha value is -3.56. The second kappa shape index (κ2) is 8.66. The number of rotatable bonds is 5. The molecule has 162 valence electrons. The molecule has 0 fully saturated rings. The highest BCUT2D eigenvalue weighted by molar-refractivity contribution is 5.90. The molecule has 3 aromatic rings. The summed E-state index contributed by atoms with van der Waals surface area (Å²) in [5, 5.41) is 6.51. The van der Waals surface area contributed by atoms with Crippen molar-refractivity contribution in [2.45, 2.75) is 52.1 Å². The van der Waals surface area contributed by atoms with Gasteiger partial charge >= 0.3 is 5.69 Å². The smallest absolute Gasteiger partial charge is 0.331 e. The Morgan fingerprint density at radius 2 is 1.97 bits per heavy atom. The maximum Gasteiger partial charge on any atom is 0.331 e. The standard InChI is InChI=1S/C21H22FN5O4/c1-2-17-24-19(25-31-17)18-15-6-4-3-5-11-26(15)21(30)27(20(18)29)12-16(28)23-14-9-7-13(22)8-10-14/h7-10H,2-6,11-12H2,1H3,(H,23,28). The summed E-state index contributed by atoms with van der Waals surface area (Å²) >= 11 is 0. The van der Waals surface area contributed by atoms with Gasteiger partial charge in [-0.05, 0) is 43.5 Å². The highest BCUT2D eigenvalue weighted by Crippen LogP contribution is 2.21. The van der Waals surface area contributed by atoms with E-state index in [4.69, 9.17) is 4.52 Å². The quantitative estimate of drug-likeness (QED) is 0.668. The van der Waals surface area contributed by atoms with E-state index in [1.807, 2.05) is 6.92 Å². The number of fused-ring (bicyclic) bond motifs is 1. The summed E-state index contributed by atoms with van der Waals surface area (Å²) in [5.74, 6) is -0.503. The maximum atomic E-state index is 13.3. The number of nitrogens with zero attached hydrogens (tertiary/aromatic N) is 4. The Bertz CT molecular complexity index is 1230. The van der Waals surface area contributed by atoms with Crippen LogP contribution in [-0.4, -0.2) is 25.2 Å². The molecule has 1 aromatic carbocycles. The van der Waals surface area contributed by atoms with Crippen molar-refractivity contribution in [3.63, 3.8) is 0 Å². The minimum absolute atomic E-state index is 0.125. The summed E-state index contributed by atoms with van der Waals surface area (Å²) in [5.41, 5.74) is -0.0408. The van der Waals surface area contributed by atoms with Crippen LogP contribution in [0.1, 0.15) is 37.8 Å². The lowest BCUT2D eigenvalue weighted by molar-refractivity contribution is -0.116. The van der Waals surface area contributed by atoms with E-state index in [1.54, 1.807) is 0 Å². The first-order valence-electron chi connectivity index (χ1n) is 10.2. The number of amides is 1. The second-order valence-electron chi connectivity index (χ2n) is 7.38. The number of hydrogen-bond acceptors (Lipinski definition) is 6. The summed E-state index contributed by atoms with van der Waals surface area (Å²) < 4.78 is 20.7. The second-order valence-corrected chi connectivity index (χ2v) is 7.38. The fourth-order valence-corrected chi connectivity index (χ4v) is 3.71. The first-order valence-corrected chi connectivity index (χ1v) is 10.2. The van der Waals surface area contributed by atoms with Gasteiger partial charge in [-0.1, -0.05) is 18.5 Å². The number of carbonyl (C=O) groups excluding carboxylic acids is 1. The first-order chi connectivity index (χ1) is 15.0. The first kappa shape index (κ1) is 20.7. The summed E-state index contributed by atoms with van der Waals surface area (Å²) in [4.78, 5) is 43.2. The summed E-state index contributed by atoms with van der Waals surface area (Å²) in [6.45, 7) is 1.81. The van der Waals surface area contributed by atoms with E-state index in [-0.39, 0.29) is 11.4 Å². The van der Waals surface area contributed by atoms with Crippen molar-refractivity contribution in [3.8, 4) is 11.4 Å². The number of carbonyl (C=O) groups is 1. The van der Waals surface area contributed by atoms with Crippen LogP contribution in [0, 0.1) is 5.82 Å². The molecule has 1 aliphatic rings. The molecule has 10 heteroatoms. The van der Waals surface area contributed by atoms with E-state index in [2.05, 4.69) is 15.5 Å². The highest BCUT2D eigenvalue weighted by Gasteiger charge is 2.25. The van der Waals surface area contributed by atoms with E-state index in [9.17, 15) is 18.8 Å². The van der Waals surface area contributed by atoms with Gasteiger partial charge in [-0.15, -0.1) is 0 Å². The minimum Gasteiger partial charge on any atom is -0.339 e. The third kappa shape index (κ3) is 4.18. The third-order valence-corrected chi connectivity index (χ3v) is 5.25. The molecule has 3 heterocycles. The monoisotopic (exact) mass is 427 g/mol. The Morgan fingerprint density at radius 1 is 1.19 bits per heavy atom. The molecule has 0 unspecified atom stereocenters. The summed E-state index contributed by atoms with van der Waals surface area (Å²) in [6, 6.07) is 5.21. The molecule has 0 atom stereocenters. The molecular weight excluding hydrogens is 405 g/mol. The predicted octanol–water partition coefficient (Wildman–Crippen LogP) is 2.13. The van der Waals surface area contributed by atoms with Gasteiger partial charge in [0, 0.05) is 24.3 Å². The number of aryl methyl sites for hydroxylation is 1. The zero-order valence-corrected chi connectivity index (χ0v) is 17.1. The van der Waals surface area contributed by atoms with Crippen LogP contribution in [0.4, 0.5) is 10.1 Å². The van der Waals surface area contributed by atoms with Crippen molar-refractivity contribution in [2.75, 3.05) is 5.32 Å². The molecule has 0 radical (unpaired) electrons. The van der Waals surface area contributed by atoms with Crippen molar-refractivity contribution in [3.05, 3.63) is 62.5 Å². The van der Waals surface area contributed by atoms with E-state index in [1.165, 1.54) is 28.8 Å². The normalized spacial score (nSPS) is 13.5. The fraction of sp³-hybridized carbons (Fsp3) is 0.381. The van der Waals surface area contributed by atoms with Gasteiger partial charge in [0.25, 0.3) is 5.56 Å². The SMILES string of the molecule is CCc1nc(-c2c3n(c(=O)n(CC(=O)Nc4ccc(F)cc4)c2=O)CCCCC3)no1. The molecule has 0 saturated heterocycles. The molecule has 31 heavy (non-hydrogen) atoms. The number of aromatic nitrogens is 4. The number of nitrogens with one attached hydrogen (secondary N) is 1. The predicted molar refractivity (Wildman–Crippen MR) is 110 cm³/mol. The maximum absolute atomic E-state index is 13.3. The topological polar surface area (TPSA) is 112 Å². The number of anilines is 1. The van der Waals surface area contributed by atoms with Gasteiger partial charge in [0.1, 0.15) is 17.9 Å². The molecule has 2 aromatic heterocycles. The Balaban J connectivity index is 1.77.